The highest BCUT2D eigenvalue weighted by Crippen LogP contribution is 2.33. The number of para-hydroxylation sites is 1. The van der Waals surface area contributed by atoms with Gasteiger partial charge in [-0.2, -0.15) is 0 Å². The van der Waals surface area contributed by atoms with Crippen LogP contribution in [0.15, 0.2) is 48.8 Å². The molecule has 2 amide bonds. The number of aromatic nitrogens is 1. The number of benzene rings is 1. The van der Waals surface area contributed by atoms with Crippen LogP contribution in [-0.4, -0.2) is 52.5 Å². The van der Waals surface area contributed by atoms with Crippen LogP contribution in [0.1, 0.15) is 35.7 Å². The first-order valence-electron chi connectivity index (χ1n) is 9.92. The third-order valence-electron chi connectivity index (χ3n) is 4.98. The molecular formula is C22H23N3O6. The first-order valence-corrected chi connectivity index (χ1v) is 9.92. The number of carboxylic acids is 1. The summed E-state index contributed by atoms with van der Waals surface area (Å²) in [5.74, 6) is -2.73. The Morgan fingerprint density at radius 2 is 2.00 bits per heavy atom. The molecule has 162 valence electrons. The SMILES string of the molecule is CCOC(=O)[C@@H](CCC(=O)N1c2ccccc2C[C@H]1C(=O)O)NC(=O)c1cccnc1. The van der Waals surface area contributed by atoms with Crippen LogP contribution in [0.3, 0.4) is 0 Å². The summed E-state index contributed by atoms with van der Waals surface area (Å²) in [6.45, 7) is 1.76. The van der Waals surface area contributed by atoms with Crippen molar-refractivity contribution in [2.24, 2.45) is 0 Å². The second kappa shape index (κ2) is 9.84. The van der Waals surface area contributed by atoms with Crippen molar-refractivity contribution in [3.05, 3.63) is 59.9 Å². The molecule has 0 bridgehead atoms. The lowest BCUT2D eigenvalue weighted by Crippen LogP contribution is -2.45. The van der Waals surface area contributed by atoms with E-state index in [4.69, 9.17) is 4.74 Å². The van der Waals surface area contributed by atoms with Gasteiger partial charge >= 0.3 is 11.9 Å². The minimum Gasteiger partial charge on any atom is -0.480 e. The summed E-state index contributed by atoms with van der Waals surface area (Å²) in [5, 5.41) is 12.1. The number of carbonyl (C=O) groups excluding carboxylic acids is 3. The zero-order chi connectivity index (χ0) is 22.4. The van der Waals surface area contributed by atoms with Crippen LogP contribution in [0.25, 0.3) is 0 Å². The maximum atomic E-state index is 13.0. The fourth-order valence-electron chi connectivity index (χ4n) is 3.51. The van der Waals surface area contributed by atoms with E-state index in [1.807, 2.05) is 0 Å². The number of carboxylic acid groups (broad SMARTS) is 1. The van der Waals surface area contributed by atoms with E-state index < -0.39 is 35.8 Å². The van der Waals surface area contributed by atoms with E-state index >= 15 is 0 Å². The summed E-state index contributed by atoms with van der Waals surface area (Å²) in [7, 11) is 0. The zero-order valence-corrected chi connectivity index (χ0v) is 17.0. The van der Waals surface area contributed by atoms with Crippen LogP contribution in [0, 0.1) is 0 Å². The molecule has 3 rings (SSSR count). The van der Waals surface area contributed by atoms with Crippen molar-refractivity contribution in [3.8, 4) is 0 Å². The van der Waals surface area contributed by atoms with Gasteiger partial charge in [-0.3, -0.25) is 19.5 Å². The summed E-state index contributed by atoms with van der Waals surface area (Å²) in [4.78, 5) is 54.5. The van der Waals surface area contributed by atoms with Gasteiger partial charge in [0.25, 0.3) is 5.91 Å². The highest BCUT2D eigenvalue weighted by Gasteiger charge is 2.38. The molecule has 0 spiro atoms. The predicted molar refractivity (Wildman–Crippen MR) is 110 cm³/mol. The number of hydrogen-bond donors (Lipinski definition) is 2. The van der Waals surface area contributed by atoms with Crippen molar-refractivity contribution >= 4 is 29.4 Å². The second-order valence-electron chi connectivity index (χ2n) is 7.01. The Hall–Kier alpha value is -3.75. The lowest BCUT2D eigenvalue weighted by molar-refractivity contribution is -0.146. The van der Waals surface area contributed by atoms with E-state index in [0.717, 1.165) is 5.56 Å². The molecule has 2 aromatic rings. The Labute approximate surface area is 179 Å². The number of fused-ring (bicyclic) bond motifs is 1. The highest BCUT2D eigenvalue weighted by molar-refractivity contribution is 6.02. The van der Waals surface area contributed by atoms with E-state index in [0.29, 0.717) is 5.69 Å². The zero-order valence-electron chi connectivity index (χ0n) is 17.0. The normalized spacial score (nSPS) is 15.6. The van der Waals surface area contributed by atoms with E-state index in [-0.39, 0.29) is 31.4 Å². The molecule has 1 aliphatic rings. The molecule has 2 heterocycles. The van der Waals surface area contributed by atoms with Crippen LogP contribution < -0.4 is 10.2 Å². The van der Waals surface area contributed by atoms with Crippen LogP contribution in [0.2, 0.25) is 0 Å². The van der Waals surface area contributed by atoms with E-state index in [1.165, 1.54) is 17.3 Å². The third kappa shape index (κ3) is 5.06. The molecule has 0 radical (unpaired) electrons. The van der Waals surface area contributed by atoms with Gasteiger partial charge in [-0.25, -0.2) is 9.59 Å². The number of anilines is 1. The molecule has 0 fully saturated rings. The molecule has 1 aromatic carbocycles. The summed E-state index contributed by atoms with van der Waals surface area (Å²) in [6, 6.07) is 8.09. The number of hydrogen-bond acceptors (Lipinski definition) is 6. The lowest BCUT2D eigenvalue weighted by atomic mass is 10.1. The molecule has 9 nitrogen and oxygen atoms in total. The number of nitrogens with zero attached hydrogens (tertiary/aromatic N) is 2. The van der Waals surface area contributed by atoms with Gasteiger partial charge in [0.2, 0.25) is 5.91 Å². The van der Waals surface area contributed by atoms with Gasteiger partial charge in [0.15, 0.2) is 0 Å². The predicted octanol–water partition coefficient (Wildman–Crippen LogP) is 1.57. The minimum absolute atomic E-state index is 0.0331. The van der Waals surface area contributed by atoms with Gasteiger partial charge < -0.3 is 15.2 Å². The Kier molecular flexibility index (Phi) is 6.96. The maximum absolute atomic E-state index is 13.0. The fraction of sp³-hybridized carbons (Fsp3) is 0.318. The number of amides is 2. The van der Waals surface area contributed by atoms with Gasteiger partial charge in [-0.05, 0) is 37.1 Å². The van der Waals surface area contributed by atoms with Gasteiger partial charge in [-0.1, -0.05) is 18.2 Å². The van der Waals surface area contributed by atoms with Gasteiger partial charge in [0.05, 0.1) is 12.2 Å². The van der Waals surface area contributed by atoms with Gasteiger partial charge in [-0.15, -0.1) is 0 Å². The van der Waals surface area contributed by atoms with Gasteiger partial charge in [0.1, 0.15) is 12.1 Å². The van der Waals surface area contributed by atoms with Crippen LogP contribution in [0.5, 0.6) is 0 Å². The number of ether oxygens (including phenoxy) is 1. The van der Waals surface area contributed by atoms with Crippen molar-refractivity contribution in [2.75, 3.05) is 11.5 Å². The van der Waals surface area contributed by atoms with Crippen LogP contribution in [-0.2, 0) is 25.5 Å². The Morgan fingerprint density at radius 1 is 1.23 bits per heavy atom. The molecule has 2 N–H and O–H groups in total. The van der Waals surface area contributed by atoms with Crippen LogP contribution >= 0.6 is 0 Å². The van der Waals surface area contributed by atoms with E-state index in [1.54, 1.807) is 43.3 Å². The van der Waals surface area contributed by atoms with Gasteiger partial charge in [0, 0.05) is 30.9 Å². The average molecular weight is 425 g/mol. The Bertz CT molecular complexity index is 978. The van der Waals surface area contributed by atoms with Crippen molar-refractivity contribution in [3.63, 3.8) is 0 Å². The monoisotopic (exact) mass is 425 g/mol. The molecule has 9 heteroatoms. The summed E-state index contributed by atoms with van der Waals surface area (Å²) in [5.41, 5.74) is 1.59. The fourth-order valence-corrected chi connectivity index (χ4v) is 3.51. The molecule has 2 atom stereocenters. The number of esters is 1. The summed E-state index contributed by atoms with van der Waals surface area (Å²) in [6.07, 6.45) is 2.92. The molecule has 0 saturated heterocycles. The average Bonchev–Trinajstić information content (AvgIpc) is 3.17. The Balaban J connectivity index is 1.73. The molecule has 1 aliphatic heterocycles. The molecule has 0 saturated carbocycles. The summed E-state index contributed by atoms with van der Waals surface area (Å²) < 4.78 is 5.03. The Morgan fingerprint density at radius 3 is 2.68 bits per heavy atom. The third-order valence-corrected chi connectivity index (χ3v) is 4.98. The second-order valence-corrected chi connectivity index (χ2v) is 7.01. The number of aliphatic carboxylic acids is 1. The molecule has 0 aliphatic carbocycles. The number of nitrogens with one attached hydrogen (secondary N) is 1. The first-order chi connectivity index (χ1) is 14.9. The van der Waals surface area contributed by atoms with E-state index in [9.17, 15) is 24.3 Å². The first kappa shape index (κ1) is 21.9. The quantitative estimate of drug-likeness (QED) is 0.615. The minimum atomic E-state index is -1.10. The number of pyridine rings is 1. The van der Waals surface area contributed by atoms with E-state index in [2.05, 4.69) is 10.3 Å². The number of rotatable bonds is 8. The number of carbonyl (C=O) groups is 4. The molecule has 0 unspecified atom stereocenters. The maximum Gasteiger partial charge on any atom is 0.328 e. The molecular weight excluding hydrogens is 402 g/mol. The van der Waals surface area contributed by atoms with Crippen LogP contribution in [0.4, 0.5) is 5.69 Å². The standard InChI is InChI=1S/C22H23N3O6/c1-2-31-22(30)16(24-20(27)15-7-5-11-23-13-15)9-10-19(26)25-17-8-4-3-6-14(17)12-18(25)21(28)29/h3-8,11,13,16,18H,2,9-10,12H2,1H3,(H,24,27)(H,28,29)/t16-,18+/m1/s1. The molecule has 1 aromatic heterocycles. The van der Waals surface area contributed by atoms with Crippen molar-refractivity contribution in [1.29, 1.82) is 0 Å². The molecule has 31 heavy (non-hydrogen) atoms. The van der Waals surface area contributed by atoms with Crippen molar-refractivity contribution in [2.45, 2.75) is 38.3 Å². The smallest absolute Gasteiger partial charge is 0.328 e. The largest absolute Gasteiger partial charge is 0.480 e. The highest BCUT2D eigenvalue weighted by atomic mass is 16.5. The topological polar surface area (TPSA) is 126 Å². The van der Waals surface area contributed by atoms with Crippen molar-refractivity contribution in [1.82, 2.24) is 10.3 Å². The van der Waals surface area contributed by atoms with Crippen molar-refractivity contribution < 1.29 is 29.0 Å². The summed E-state index contributed by atoms with van der Waals surface area (Å²) >= 11 is 0. The lowest BCUT2D eigenvalue weighted by Gasteiger charge is -2.24.